The fourth-order valence-electron chi connectivity index (χ4n) is 1.61. The van der Waals surface area contributed by atoms with Crippen molar-refractivity contribution in [1.82, 2.24) is 4.98 Å². The molecule has 6 heteroatoms. The summed E-state index contributed by atoms with van der Waals surface area (Å²) >= 11 is 0. The molecular weight excluding hydrogens is 258 g/mol. The summed E-state index contributed by atoms with van der Waals surface area (Å²) in [6.07, 6.45) is 1.52. The first-order valence-electron chi connectivity index (χ1n) is 5.89. The number of pyridine rings is 1. The Labute approximate surface area is 116 Å². The zero-order valence-corrected chi connectivity index (χ0v) is 11.2. The van der Waals surface area contributed by atoms with Gasteiger partial charge in [-0.05, 0) is 30.7 Å². The lowest BCUT2D eigenvalue weighted by molar-refractivity contribution is 0.1000. The summed E-state index contributed by atoms with van der Waals surface area (Å²) in [5, 5.41) is 0. The summed E-state index contributed by atoms with van der Waals surface area (Å²) in [5.41, 5.74) is 12.7. The predicted molar refractivity (Wildman–Crippen MR) is 75.0 cm³/mol. The highest BCUT2D eigenvalue weighted by Crippen LogP contribution is 2.32. The van der Waals surface area contributed by atoms with Crippen molar-refractivity contribution < 1.29 is 14.3 Å². The van der Waals surface area contributed by atoms with Crippen LogP contribution in [0.1, 0.15) is 15.9 Å². The number of carbonyl (C=O) groups is 1. The molecule has 0 aliphatic carbocycles. The van der Waals surface area contributed by atoms with Crippen molar-refractivity contribution in [2.45, 2.75) is 6.92 Å². The molecule has 1 aromatic heterocycles. The van der Waals surface area contributed by atoms with E-state index in [1.807, 2.05) is 6.92 Å². The summed E-state index contributed by atoms with van der Waals surface area (Å²) in [7, 11) is 1.48. The molecule has 0 fully saturated rings. The third-order valence-corrected chi connectivity index (χ3v) is 2.79. The Morgan fingerprint density at radius 2 is 2.00 bits per heavy atom. The topological polar surface area (TPSA) is 100 Å². The van der Waals surface area contributed by atoms with Crippen molar-refractivity contribution in [2.75, 3.05) is 12.8 Å². The highest BCUT2D eigenvalue weighted by Gasteiger charge is 2.10. The molecule has 0 saturated heterocycles. The van der Waals surface area contributed by atoms with E-state index >= 15 is 0 Å². The quantitative estimate of drug-likeness (QED) is 0.885. The number of benzene rings is 1. The Hall–Kier alpha value is -2.76. The van der Waals surface area contributed by atoms with E-state index in [9.17, 15) is 4.79 Å². The maximum Gasteiger partial charge on any atom is 0.248 e. The van der Waals surface area contributed by atoms with Gasteiger partial charge in [-0.1, -0.05) is 0 Å². The molecule has 0 unspecified atom stereocenters. The van der Waals surface area contributed by atoms with Gasteiger partial charge in [0.25, 0.3) is 0 Å². The summed E-state index contributed by atoms with van der Waals surface area (Å²) in [6, 6.07) is 6.40. The molecule has 0 spiro atoms. The molecule has 0 bridgehead atoms. The Bertz CT molecular complexity index is 656. The maximum absolute atomic E-state index is 11.1. The second kappa shape index (κ2) is 5.48. The van der Waals surface area contributed by atoms with Crippen LogP contribution >= 0.6 is 0 Å². The second-order valence-corrected chi connectivity index (χ2v) is 4.21. The number of nitrogens with two attached hydrogens (primary N) is 2. The number of aromatic nitrogens is 1. The summed E-state index contributed by atoms with van der Waals surface area (Å²) in [6.45, 7) is 1.86. The summed E-state index contributed by atoms with van der Waals surface area (Å²) in [5.74, 6) is 0.699. The minimum atomic E-state index is -0.531. The fourth-order valence-corrected chi connectivity index (χ4v) is 1.61. The van der Waals surface area contributed by atoms with Gasteiger partial charge in [0.15, 0.2) is 11.5 Å². The molecule has 104 valence electrons. The van der Waals surface area contributed by atoms with Crippen LogP contribution in [-0.4, -0.2) is 18.0 Å². The lowest BCUT2D eigenvalue weighted by Crippen LogP contribution is -2.10. The number of methoxy groups -OCH3 is 1. The van der Waals surface area contributed by atoms with E-state index in [2.05, 4.69) is 4.98 Å². The number of aryl methyl sites for hydroxylation is 1. The minimum absolute atomic E-state index is 0.343. The zero-order chi connectivity index (χ0) is 14.7. The number of primary amides is 1. The van der Waals surface area contributed by atoms with Gasteiger partial charge in [0.1, 0.15) is 0 Å². The molecule has 1 aromatic carbocycles. The Balaban J connectivity index is 2.32. The van der Waals surface area contributed by atoms with E-state index in [1.54, 1.807) is 18.2 Å². The van der Waals surface area contributed by atoms with Gasteiger partial charge in [-0.15, -0.1) is 0 Å². The molecule has 0 aliphatic rings. The van der Waals surface area contributed by atoms with E-state index < -0.39 is 5.91 Å². The van der Waals surface area contributed by atoms with Crippen LogP contribution in [0.15, 0.2) is 30.5 Å². The zero-order valence-electron chi connectivity index (χ0n) is 11.2. The van der Waals surface area contributed by atoms with Crippen molar-refractivity contribution in [1.29, 1.82) is 0 Å². The number of hydrogen-bond donors (Lipinski definition) is 2. The molecule has 4 N–H and O–H groups in total. The van der Waals surface area contributed by atoms with Gasteiger partial charge in [-0.3, -0.25) is 4.79 Å². The van der Waals surface area contributed by atoms with E-state index in [1.165, 1.54) is 19.4 Å². The molecule has 0 atom stereocenters. The van der Waals surface area contributed by atoms with Gasteiger partial charge >= 0.3 is 0 Å². The molecule has 2 rings (SSSR count). The van der Waals surface area contributed by atoms with Gasteiger partial charge < -0.3 is 20.9 Å². The number of ether oxygens (including phenoxy) is 2. The average molecular weight is 273 g/mol. The molecule has 1 heterocycles. The Morgan fingerprint density at radius 1 is 1.25 bits per heavy atom. The van der Waals surface area contributed by atoms with Crippen LogP contribution in [0.5, 0.6) is 17.4 Å². The molecule has 20 heavy (non-hydrogen) atoms. The molecular formula is C14H15N3O3. The predicted octanol–water partition coefficient (Wildman–Crippen LogP) is 1.87. The van der Waals surface area contributed by atoms with Gasteiger partial charge in [0.2, 0.25) is 11.8 Å². The van der Waals surface area contributed by atoms with Gasteiger partial charge in [-0.25, -0.2) is 4.98 Å². The standard InChI is InChI=1S/C14H15N3O3/c1-8-5-13(17-7-10(8)15)20-11-4-3-9(14(16)18)6-12(11)19-2/h3-7H,15H2,1-2H3,(H2,16,18). The van der Waals surface area contributed by atoms with Gasteiger partial charge in [-0.2, -0.15) is 0 Å². The van der Waals surface area contributed by atoms with Crippen LogP contribution in [0.3, 0.4) is 0 Å². The monoisotopic (exact) mass is 273 g/mol. The largest absolute Gasteiger partial charge is 0.493 e. The van der Waals surface area contributed by atoms with E-state index in [-0.39, 0.29) is 0 Å². The number of hydrogen-bond acceptors (Lipinski definition) is 5. The number of nitrogen functional groups attached to an aromatic ring is 1. The van der Waals surface area contributed by atoms with E-state index in [4.69, 9.17) is 20.9 Å². The number of nitrogens with zero attached hydrogens (tertiary/aromatic N) is 1. The first-order chi connectivity index (χ1) is 9.51. The Morgan fingerprint density at radius 3 is 2.60 bits per heavy atom. The molecule has 2 aromatic rings. The summed E-state index contributed by atoms with van der Waals surface area (Å²) < 4.78 is 10.8. The second-order valence-electron chi connectivity index (χ2n) is 4.21. The van der Waals surface area contributed by atoms with Crippen molar-refractivity contribution in [3.05, 3.63) is 41.6 Å². The van der Waals surface area contributed by atoms with E-state index in [0.717, 1.165) is 5.56 Å². The van der Waals surface area contributed by atoms with Crippen molar-refractivity contribution in [3.63, 3.8) is 0 Å². The molecule has 0 radical (unpaired) electrons. The van der Waals surface area contributed by atoms with Crippen LogP contribution in [0.4, 0.5) is 5.69 Å². The molecule has 0 aliphatic heterocycles. The smallest absolute Gasteiger partial charge is 0.248 e. The van der Waals surface area contributed by atoms with Crippen LogP contribution in [-0.2, 0) is 0 Å². The highest BCUT2D eigenvalue weighted by atomic mass is 16.5. The average Bonchev–Trinajstić information content (AvgIpc) is 2.43. The number of rotatable bonds is 4. The van der Waals surface area contributed by atoms with E-state index in [0.29, 0.717) is 28.6 Å². The number of amides is 1. The first-order valence-corrected chi connectivity index (χ1v) is 5.89. The number of carbonyl (C=O) groups excluding carboxylic acids is 1. The molecule has 0 saturated carbocycles. The lowest BCUT2D eigenvalue weighted by atomic mass is 10.2. The SMILES string of the molecule is COc1cc(C(N)=O)ccc1Oc1cc(C)c(N)cn1. The third kappa shape index (κ3) is 2.80. The van der Waals surface area contributed by atoms with Crippen molar-refractivity contribution >= 4 is 11.6 Å². The number of anilines is 1. The maximum atomic E-state index is 11.1. The Kier molecular flexibility index (Phi) is 3.74. The van der Waals surface area contributed by atoms with Crippen LogP contribution in [0.25, 0.3) is 0 Å². The molecule has 6 nitrogen and oxygen atoms in total. The minimum Gasteiger partial charge on any atom is -0.493 e. The lowest BCUT2D eigenvalue weighted by Gasteiger charge is -2.11. The first kappa shape index (κ1) is 13.7. The molecule has 1 amide bonds. The highest BCUT2D eigenvalue weighted by molar-refractivity contribution is 5.93. The van der Waals surface area contributed by atoms with Crippen molar-refractivity contribution in [2.24, 2.45) is 5.73 Å². The summed E-state index contributed by atoms with van der Waals surface area (Å²) in [4.78, 5) is 15.2. The van der Waals surface area contributed by atoms with Gasteiger partial charge in [0, 0.05) is 11.6 Å². The normalized spacial score (nSPS) is 10.1. The van der Waals surface area contributed by atoms with Gasteiger partial charge in [0.05, 0.1) is 19.0 Å². The third-order valence-electron chi connectivity index (χ3n) is 2.79. The fraction of sp³-hybridized carbons (Fsp3) is 0.143. The van der Waals surface area contributed by atoms with Crippen LogP contribution < -0.4 is 20.9 Å². The van der Waals surface area contributed by atoms with Crippen molar-refractivity contribution in [3.8, 4) is 17.4 Å². The van der Waals surface area contributed by atoms with Crippen LogP contribution in [0.2, 0.25) is 0 Å². The van der Waals surface area contributed by atoms with Crippen LogP contribution in [0, 0.1) is 6.92 Å².